The Bertz CT molecular complexity index is 495. The Morgan fingerprint density at radius 2 is 2.05 bits per heavy atom. The summed E-state index contributed by atoms with van der Waals surface area (Å²) in [5.41, 5.74) is 1.16. The first-order valence-electron chi connectivity index (χ1n) is 7.74. The number of carbonyl (C=O) groups excluding carboxylic acids is 1. The zero-order valence-corrected chi connectivity index (χ0v) is 14.3. The van der Waals surface area contributed by atoms with Gasteiger partial charge in [0.15, 0.2) is 0 Å². The van der Waals surface area contributed by atoms with Crippen LogP contribution in [0, 0.1) is 6.92 Å². The highest BCUT2D eigenvalue weighted by Gasteiger charge is 2.21. The van der Waals surface area contributed by atoms with Crippen molar-refractivity contribution in [2.45, 2.75) is 46.8 Å². The minimum atomic E-state index is -0.909. The number of nitrogens with zero attached hydrogens (tertiary/aromatic N) is 1. The summed E-state index contributed by atoms with van der Waals surface area (Å²) in [4.78, 5) is 13.8. The number of nitrogens with one attached hydrogen (secondary N) is 1. The number of urea groups is 1. The van der Waals surface area contributed by atoms with Gasteiger partial charge in [-0.3, -0.25) is 0 Å². The molecule has 1 aromatic rings. The van der Waals surface area contributed by atoms with Gasteiger partial charge in [-0.05, 0) is 46.2 Å². The van der Waals surface area contributed by atoms with E-state index in [0.29, 0.717) is 26.2 Å². The van der Waals surface area contributed by atoms with Gasteiger partial charge in [0.2, 0.25) is 0 Å². The molecule has 0 aliphatic heterocycles. The van der Waals surface area contributed by atoms with E-state index in [4.69, 9.17) is 4.74 Å². The summed E-state index contributed by atoms with van der Waals surface area (Å²) < 4.78 is 5.61. The highest BCUT2D eigenvalue weighted by atomic mass is 16.5. The number of aliphatic hydroxyl groups is 1. The summed E-state index contributed by atoms with van der Waals surface area (Å²) in [5.74, 6) is 0.799. The maximum absolute atomic E-state index is 12.2. The Morgan fingerprint density at radius 1 is 1.36 bits per heavy atom. The fourth-order valence-corrected chi connectivity index (χ4v) is 2.17. The number of benzene rings is 1. The van der Waals surface area contributed by atoms with E-state index >= 15 is 0 Å². The van der Waals surface area contributed by atoms with E-state index in [9.17, 15) is 9.90 Å². The van der Waals surface area contributed by atoms with E-state index in [-0.39, 0.29) is 6.03 Å². The molecule has 0 saturated carbocycles. The number of carbonyl (C=O) groups is 1. The van der Waals surface area contributed by atoms with Crippen molar-refractivity contribution in [2.75, 3.05) is 19.7 Å². The first kappa shape index (κ1) is 18.3. The van der Waals surface area contributed by atoms with Gasteiger partial charge in [-0.15, -0.1) is 0 Å². The molecule has 2 N–H and O–H groups in total. The molecule has 0 bridgehead atoms. The van der Waals surface area contributed by atoms with Crippen LogP contribution in [-0.4, -0.2) is 41.3 Å². The predicted molar refractivity (Wildman–Crippen MR) is 88.1 cm³/mol. The predicted octanol–water partition coefficient (Wildman–Crippen LogP) is 2.70. The van der Waals surface area contributed by atoms with Crippen LogP contribution in [0.3, 0.4) is 0 Å². The number of hydrogen-bond donors (Lipinski definition) is 2. The molecule has 0 radical (unpaired) electrons. The summed E-state index contributed by atoms with van der Waals surface area (Å²) >= 11 is 0. The summed E-state index contributed by atoms with van der Waals surface area (Å²) in [6.45, 7) is 11.0. The second kappa shape index (κ2) is 8.03. The molecule has 0 heterocycles. The molecule has 1 aromatic carbocycles. The lowest BCUT2D eigenvalue weighted by Crippen LogP contribution is -2.46. The van der Waals surface area contributed by atoms with Gasteiger partial charge >= 0.3 is 6.03 Å². The van der Waals surface area contributed by atoms with Crippen LogP contribution >= 0.6 is 0 Å². The molecule has 0 atom stereocenters. The third-order valence-corrected chi connectivity index (χ3v) is 3.20. The van der Waals surface area contributed by atoms with Gasteiger partial charge in [0.1, 0.15) is 5.75 Å². The fourth-order valence-electron chi connectivity index (χ4n) is 2.17. The lowest BCUT2D eigenvalue weighted by molar-refractivity contribution is 0.0479. The van der Waals surface area contributed by atoms with Crippen molar-refractivity contribution in [3.63, 3.8) is 0 Å². The lowest BCUT2D eigenvalue weighted by atomic mass is 10.1. The number of aryl methyl sites for hydroxylation is 1. The van der Waals surface area contributed by atoms with Crippen molar-refractivity contribution < 1.29 is 14.6 Å². The summed E-state index contributed by atoms with van der Waals surface area (Å²) in [5, 5.41) is 12.7. The van der Waals surface area contributed by atoms with Crippen molar-refractivity contribution in [1.82, 2.24) is 10.2 Å². The first-order valence-corrected chi connectivity index (χ1v) is 7.74. The Labute approximate surface area is 133 Å². The van der Waals surface area contributed by atoms with Gasteiger partial charge in [0, 0.05) is 18.7 Å². The summed E-state index contributed by atoms with van der Waals surface area (Å²) in [7, 11) is 0. The fraction of sp³-hybridized carbons (Fsp3) is 0.588. The van der Waals surface area contributed by atoms with Gasteiger partial charge in [-0.1, -0.05) is 12.1 Å². The van der Waals surface area contributed by atoms with Crippen LogP contribution in [0.25, 0.3) is 0 Å². The number of likely N-dealkylation sites (N-methyl/N-ethyl adjacent to an activating group) is 1. The van der Waals surface area contributed by atoms with Crippen molar-refractivity contribution in [3.8, 4) is 5.75 Å². The molecule has 2 amide bonds. The van der Waals surface area contributed by atoms with E-state index < -0.39 is 5.60 Å². The molecule has 124 valence electrons. The number of hydrogen-bond acceptors (Lipinski definition) is 3. The standard InChI is InChI=1S/C17H28N2O3/c1-6-19(12-17(4,5)21)16(20)18-11-14-9-8-13(3)10-15(14)22-7-2/h8-10,21H,6-7,11-12H2,1-5H3,(H,18,20). The monoisotopic (exact) mass is 308 g/mol. The zero-order chi connectivity index (χ0) is 16.8. The van der Waals surface area contributed by atoms with Crippen LogP contribution in [0.1, 0.15) is 38.8 Å². The molecule has 0 saturated heterocycles. The molecule has 22 heavy (non-hydrogen) atoms. The van der Waals surface area contributed by atoms with Crippen LogP contribution in [0.15, 0.2) is 18.2 Å². The Morgan fingerprint density at radius 3 is 2.59 bits per heavy atom. The van der Waals surface area contributed by atoms with Crippen LogP contribution in [-0.2, 0) is 6.54 Å². The van der Waals surface area contributed by atoms with Gasteiger partial charge in [0.05, 0.1) is 18.8 Å². The minimum absolute atomic E-state index is 0.187. The topological polar surface area (TPSA) is 61.8 Å². The van der Waals surface area contributed by atoms with E-state index in [1.807, 2.05) is 39.0 Å². The Balaban J connectivity index is 2.70. The van der Waals surface area contributed by atoms with Gasteiger partial charge in [-0.2, -0.15) is 0 Å². The Kier molecular flexibility index (Phi) is 6.68. The molecule has 1 rings (SSSR count). The molecule has 0 unspecified atom stereocenters. The molecular weight excluding hydrogens is 280 g/mol. The third-order valence-electron chi connectivity index (χ3n) is 3.20. The molecule has 0 spiro atoms. The smallest absolute Gasteiger partial charge is 0.317 e. The maximum atomic E-state index is 12.2. The average Bonchev–Trinajstić information content (AvgIpc) is 2.43. The van der Waals surface area contributed by atoms with Gasteiger partial charge in [0.25, 0.3) is 0 Å². The second-order valence-electron chi connectivity index (χ2n) is 6.03. The molecule has 5 nitrogen and oxygen atoms in total. The Hall–Kier alpha value is -1.75. The number of amides is 2. The summed E-state index contributed by atoms with van der Waals surface area (Å²) in [6.07, 6.45) is 0. The molecule has 0 aliphatic carbocycles. The molecule has 0 fully saturated rings. The quantitative estimate of drug-likeness (QED) is 0.814. The molecular formula is C17H28N2O3. The van der Waals surface area contributed by atoms with Crippen molar-refractivity contribution in [1.29, 1.82) is 0 Å². The van der Waals surface area contributed by atoms with Gasteiger partial charge in [-0.25, -0.2) is 4.79 Å². The molecule has 5 heteroatoms. The number of ether oxygens (including phenoxy) is 1. The summed E-state index contributed by atoms with van der Waals surface area (Å²) in [6, 6.07) is 5.75. The highest BCUT2D eigenvalue weighted by molar-refractivity contribution is 5.74. The van der Waals surface area contributed by atoms with Crippen molar-refractivity contribution in [2.24, 2.45) is 0 Å². The van der Waals surface area contributed by atoms with E-state index in [1.54, 1.807) is 18.7 Å². The zero-order valence-electron chi connectivity index (χ0n) is 14.3. The van der Waals surface area contributed by atoms with Crippen LogP contribution < -0.4 is 10.1 Å². The average molecular weight is 308 g/mol. The van der Waals surface area contributed by atoms with E-state index in [2.05, 4.69) is 5.32 Å². The van der Waals surface area contributed by atoms with E-state index in [1.165, 1.54) is 0 Å². The van der Waals surface area contributed by atoms with Crippen molar-refractivity contribution >= 4 is 6.03 Å². The van der Waals surface area contributed by atoms with E-state index in [0.717, 1.165) is 16.9 Å². The maximum Gasteiger partial charge on any atom is 0.317 e. The SMILES string of the molecule is CCOc1cc(C)ccc1CNC(=O)N(CC)CC(C)(C)O. The van der Waals surface area contributed by atoms with Gasteiger partial charge < -0.3 is 20.1 Å². The first-order chi connectivity index (χ1) is 10.3. The molecule has 0 aliphatic rings. The second-order valence-corrected chi connectivity index (χ2v) is 6.03. The van der Waals surface area contributed by atoms with Crippen LogP contribution in [0.2, 0.25) is 0 Å². The normalized spacial score (nSPS) is 11.2. The third kappa shape index (κ3) is 5.93. The molecule has 0 aromatic heterocycles. The highest BCUT2D eigenvalue weighted by Crippen LogP contribution is 2.20. The lowest BCUT2D eigenvalue weighted by Gasteiger charge is -2.28. The van der Waals surface area contributed by atoms with Crippen molar-refractivity contribution in [3.05, 3.63) is 29.3 Å². The van der Waals surface area contributed by atoms with Crippen LogP contribution in [0.5, 0.6) is 5.75 Å². The van der Waals surface area contributed by atoms with Crippen LogP contribution in [0.4, 0.5) is 4.79 Å². The largest absolute Gasteiger partial charge is 0.494 e. The number of rotatable bonds is 7. The minimum Gasteiger partial charge on any atom is -0.494 e.